The summed E-state index contributed by atoms with van der Waals surface area (Å²) in [5.41, 5.74) is 7.70. The van der Waals surface area contributed by atoms with E-state index in [9.17, 15) is 9.59 Å². The van der Waals surface area contributed by atoms with Gasteiger partial charge in [-0.2, -0.15) is 0 Å². The van der Waals surface area contributed by atoms with E-state index in [0.29, 0.717) is 5.75 Å². The topological polar surface area (TPSA) is 160 Å². The van der Waals surface area contributed by atoms with Crippen molar-refractivity contribution in [2.24, 2.45) is 23.5 Å². The lowest BCUT2D eigenvalue weighted by Crippen LogP contribution is -2.50. The molecule has 0 fully saturated rings. The molecule has 0 saturated carbocycles. The molecule has 6 N–H and O–H groups in total. The minimum Gasteiger partial charge on any atom is -0.487 e. The van der Waals surface area contributed by atoms with Crippen LogP contribution in [0.2, 0.25) is 0 Å². The Bertz CT molecular complexity index is 1080. The van der Waals surface area contributed by atoms with Gasteiger partial charge in [0.05, 0.1) is 38.2 Å². The molecule has 1 aliphatic rings. The van der Waals surface area contributed by atoms with Crippen LogP contribution in [0.25, 0.3) is 0 Å². The average molecular weight is 652 g/mol. The van der Waals surface area contributed by atoms with E-state index in [1.807, 2.05) is 20.8 Å². The molecule has 0 aromatic heterocycles. The van der Waals surface area contributed by atoms with Crippen LogP contribution in [0.15, 0.2) is 0 Å². The van der Waals surface area contributed by atoms with Gasteiger partial charge in [-0.05, 0) is 87.8 Å². The number of hydrogen-bond acceptors (Lipinski definition) is 8. The molecule has 3 unspecified atom stereocenters. The Labute approximate surface area is 278 Å². The first-order valence-electron chi connectivity index (χ1n) is 17.4. The van der Waals surface area contributed by atoms with Crippen LogP contribution in [-0.4, -0.2) is 63.3 Å². The summed E-state index contributed by atoms with van der Waals surface area (Å²) >= 11 is 0. The van der Waals surface area contributed by atoms with Crippen molar-refractivity contribution in [2.75, 3.05) is 19.8 Å². The quantitative estimate of drug-likeness (QED) is 0.0824. The smallest absolute Gasteiger partial charge is 0.311 e. The van der Waals surface area contributed by atoms with Gasteiger partial charge in [-0.1, -0.05) is 72.6 Å². The van der Waals surface area contributed by atoms with Gasteiger partial charge in [0.1, 0.15) is 17.1 Å². The number of fused-ring (bicyclic) bond motifs is 1. The first kappa shape index (κ1) is 41.8. The summed E-state index contributed by atoms with van der Waals surface area (Å²) in [6.07, 6.45) is 13.1. The monoisotopic (exact) mass is 651 g/mol. The molecule has 0 amide bonds. The normalized spacial score (nSPS) is 17.4. The Balaban J connectivity index is 0.00000116. The third-order valence-electron chi connectivity index (χ3n) is 9.54. The highest BCUT2D eigenvalue weighted by atomic mass is 16.5. The van der Waals surface area contributed by atoms with Gasteiger partial charge in [0, 0.05) is 5.56 Å². The predicted molar refractivity (Wildman–Crippen MR) is 183 cm³/mol. The van der Waals surface area contributed by atoms with Crippen LogP contribution in [-0.2, 0) is 16.0 Å². The number of aliphatic hydroxyl groups is 3. The van der Waals surface area contributed by atoms with Crippen LogP contribution in [0, 0.1) is 38.5 Å². The first-order chi connectivity index (χ1) is 21.5. The highest BCUT2D eigenvalue weighted by Crippen LogP contribution is 2.45. The van der Waals surface area contributed by atoms with Crippen molar-refractivity contribution in [3.8, 4) is 11.5 Å². The molecule has 0 bridgehead atoms. The maximum Gasteiger partial charge on any atom is 0.311 e. The SMILES string of the molecule is Cc1c(C)c2c(c(C)c1OC(=O)CCC(=O)O)CCC(C)(CCCC(C)CCCC(C)CCCC(C)C)O2.NC(CO)(CO)CO. The van der Waals surface area contributed by atoms with Crippen molar-refractivity contribution in [3.05, 3.63) is 22.3 Å². The molecule has 1 aromatic carbocycles. The lowest BCUT2D eigenvalue weighted by molar-refractivity contribution is -0.142. The number of aliphatic hydroxyl groups excluding tert-OH is 3. The number of nitrogens with two attached hydrogens (primary N) is 1. The van der Waals surface area contributed by atoms with Crippen LogP contribution in [0.3, 0.4) is 0 Å². The number of ether oxygens (including phenoxy) is 2. The van der Waals surface area contributed by atoms with E-state index in [4.69, 9.17) is 35.6 Å². The Kier molecular flexibility index (Phi) is 18.4. The summed E-state index contributed by atoms with van der Waals surface area (Å²) in [5.74, 6) is 2.42. The molecule has 9 heteroatoms. The number of carboxylic acids is 1. The van der Waals surface area contributed by atoms with Crippen molar-refractivity contribution in [2.45, 2.75) is 150 Å². The average Bonchev–Trinajstić information content (AvgIpc) is 3.00. The molecular weight excluding hydrogens is 586 g/mol. The summed E-state index contributed by atoms with van der Waals surface area (Å²) in [4.78, 5) is 23.0. The molecule has 2 rings (SSSR count). The van der Waals surface area contributed by atoms with Crippen molar-refractivity contribution in [3.63, 3.8) is 0 Å². The highest BCUT2D eigenvalue weighted by Gasteiger charge is 2.35. The zero-order valence-corrected chi connectivity index (χ0v) is 30.0. The Morgan fingerprint density at radius 2 is 1.37 bits per heavy atom. The van der Waals surface area contributed by atoms with Gasteiger partial charge in [-0.15, -0.1) is 0 Å². The zero-order valence-electron chi connectivity index (χ0n) is 30.0. The zero-order chi connectivity index (χ0) is 35.1. The van der Waals surface area contributed by atoms with Crippen molar-refractivity contribution < 1.29 is 39.5 Å². The van der Waals surface area contributed by atoms with Gasteiger partial charge in [0.2, 0.25) is 0 Å². The van der Waals surface area contributed by atoms with Crippen molar-refractivity contribution >= 4 is 11.9 Å². The molecule has 0 aliphatic carbocycles. The van der Waals surface area contributed by atoms with Crippen LogP contribution in [0.1, 0.15) is 134 Å². The third-order valence-corrected chi connectivity index (χ3v) is 9.54. The molecule has 3 atom stereocenters. The van der Waals surface area contributed by atoms with Gasteiger partial charge in [-0.3, -0.25) is 9.59 Å². The number of benzene rings is 1. The largest absolute Gasteiger partial charge is 0.487 e. The van der Waals surface area contributed by atoms with E-state index in [2.05, 4.69) is 34.6 Å². The van der Waals surface area contributed by atoms with Gasteiger partial charge in [-0.25, -0.2) is 0 Å². The second kappa shape index (κ2) is 20.2. The van der Waals surface area contributed by atoms with Gasteiger partial charge in [0.25, 0.3) is 0 Å². The van der Waals surface area contributed by atoms with Gasteiger partial charge < -0.3 is 35.6 Å². The molecule has 266 valence electrons. The van der Waals surface area contributed by atoms with E-state index in [1.54, 1.807) is 0 Å². The lowest BCUT2D eigenvalue weighted by Gasteiger charge is -2.38. The molecule has 0 saturated heterocycles. The van der Waals surface area contributed by atoms with Crippen molar-refractivity contribution in [1.82, 2.24) is 0 Å². The Morgan fingerprint density at radius 1 is 0.848 bits per heavy atom. The molecule has 9 nitrogen and oxygen atoms in total. The number of aliphatic carboxylic acids is 1. The minimum atomic E-state index is -1.21. The second-order valence-electron chi connectivity index (χ2n) is 14.6. The molecule has 0 spiro atoms. The second-order valence-corrected chi connectivity index (χ2v) is 14.6. The fraction of sp³-hybridized carbons (Fsp3) is 0.784. The van der Waals surface area contributed by atoms with Crippen LogP contribution < -0.4 is 15.2 Å². The number of carbonyl (C=O) groups is 2. The lowest BCUT2D eigenvalue weighted by atomic mass is 9.83. The number of esters is 1. The number of carboxylic acid groups (broad SMARTS) is 1. The predicted octanol–water partition coefficient (Wildman–Crippen LogP) is 6.57. The molecule has 1 aromatic rings. The third kappa shape index (κ3) is 14.3. The van der Waals surface area contributed by atoms with E-state index in [-0.39, 0.29) is 18.4 Å². The summed E-state index contributed by atoms with van der Waals surface area (Å²) in [6.45, 7) is 16.4. The Morgan fingerprint density at radius 3 is 1.85 bits per heavy atom. The molecule has 0 radical (unpaired) electrons. The number of hydrogen-bond donors (Lipinski definition) is 5. The minimum absolute atomic E-state index is 0.130. The van der Waals surface area contributed by atoms with Crippen LogP contribution in [0.5, 0.6) is 11.5 Å². The number of carbonyl (C=O) groups excluding carboxylic acids is 1. The fourth-order valence-corrected chi connectivity index (χ4v) is 5.94. The maximum absolute atomic E-state index is 12.2. The summed E-state index contributed by atoms with van der Waals surface area (Å²) < 4.78 is 12.3. The van der Waals surface area contributed by atoms with Crippen LogP contribution >= 0.6 is 0 Å². The first-order valence-corrected chi connectivity index (χ1v) is 17.4. The summed E-state index contributed by atoms with van der Waals surface area (Å²) in [6, 6.07) is 0. The standard InChI is InChI=1S/C33H54O5.C4H11NO3/c1-22(2)12-9-13-23(3)14-10-15-24(4)16-11-20-33(8)21-19-28-27(7)31(25(5)26(6)32(28)38-33)37-30(36)18-17-29(34)35;5-4(1-6,2-7)3-8/h22-24H,9-21H2,1-8H3,(H,34,35);6-8H,1-3,5H2. The summed E-state index contributed by atoms with van der Waals surface area (Å²) in [5, 5.41) is 33.9. The maximum atomic E-state index is 12.2. The molecule has 1 heterocycles. The number of rotatable bonds is 19. The van der Waals surface area contributed by atoms with Gasteiger partial charge in [0.15, 0.2) is 0 Å². The highest BCUT2D eigenvalue weighted by molar-refractivity contribution is 5.79. The van der Waals surface area contributed by atoms with E-state index >= 15 is 0 Å². The molecular formula is C37H65NO8. The van der Waals surface area contributed by atoms with E-state index in [0.717, 1.165) is 65.0 Å². The van der Waals surface area contributed by atoms with Crippen molar-refractivity contribution in [1.29, 1.82) is 0 Å². The summed E-state index contributed by atoms with van der Waals surface area (Å²) in [7, 11) is 0. The van der Waals surface area contributed by atoms with Crippen LogP contribution in [0.4, 0.5) is 0 Å². The Hall–Kier alpha value is -2.20. The molecule has 1 aliphatic heterocycles. The van der Waals surface area contributed by atoms with E-state index in [1.165, 1.54) is 51.4 Å². The fourth-order valence-electron chi connectivity index (χ4n) is 5.94. The van der Waals surface area contributed by atoms with E-state index < -0.39 is 37.3 Å². The molecule has 46 heavy (non-hydrogen) atoms. The van der Waals surface area contributed by atoms with Gasteiger partial charge >= 0.3 is 11.9 Å².